The van der Waals surface area contributed by atoms with Gasteiger partial charge in [0, 0.05) is 0 Å². The number of carbonyl (C=O) groups is 1. The molecule has 116 valence electrons. The third-order valence-electron chi connectivity index (χ3n) is 4.50. The first kappa shape index (κ1) is 15.7. The number of aliphatic carboxylic acids is 1. The smallest absolute Gasteiger partial charge is 0.329 e. The lowest BCUT2D eigenvalue weighted by Gasteiger charge is -2.37. The zero-order valence-corrected chi connectivity index (χ0v) is 12.5. The van der Waals surface area contributed by atoms with Crippen LogP contribution in [0.4, 0.5) is 10.2 Å². The molecule has 1 aromatic heterocycles. The van der Waals surface area contributed by atoms with Gasteiger partial charge in [0.25, 0.3) is 0 Å². The van der Waals surface area contributed by atoms with Crippen LogP contribution in [0.5, 0.6) is 0 Å². The van der Waals surface area contributed by atoms with Crippen LogP contribution < -0.4 is 5.32 Å². The maximum absolute atomic E-state index is 14.2. The lowest BCUT2D eigenvalue weighted by molar-refractivity contribution is -0.143. The first-order valence-electron chi connectivity index (χ1n) is 7.53. The number of aromatic nitrogens is 2. The summed E-state index contributed by atoms with van der Waals surface area (Å²) in [5, 5.41) is 12.5. The highest BCUT2D eigenvalue weighted by atomic mass is 19.1. The molecule has 5 nitrogen and oxygen atoms in total. The van der Waals surface area contributed by atoms with Crippen molar-refractivity contribution in [3.8, 4) is 0 Å². The highest BCUT2D eigenvalue weighted by Gasteiger charge is 2.42. The summed E-state index contributed by atoms with van der Waals surface area (Å²) >= 11 is 0. The van der Waals surface area contributed by atoms with E-state index >= 15 is 0 Å². The van der Waals surface area contributed by atoms with Gasteiger partial charge in [0.1, 0.15) is 11.9 Å². The van der Waals surface area contributed by atoms with E-state index in [0.717, 1.165) is 19.3 Å². The van der Waals surface area contributed by atoms with Crippen molar-refractivity contribution in [2.24, 2.45) is 5.92 Å². The Morgan fingerprint density at radius 3 is 2.62 bits per heavy atom. The first-order valence-corrected chi connectivity index (χ1v) is 7.53. The van der Waals surface area contributed by atoms with Crippen molar-refractivity contribution in [2.75, 3.05) is 5.32 Å². The molecule has 0 radical (unpaired) electrons. The van der Waals surface area contributed by atoms with Gasteiger partial charge < -0.3 is 10.4 Å². The Kier molecular flexibility index (Phi) is 4.75. The number of halogens is 1. The molecule has 0 atom stereocenters. The quantitative estimate of drug-likeness (QED) is 0.873. The molecule has 21 heavy (non-hydrogen) atoms. The van der Waals surface area contributed by atoms with E-state index in [1.807, 2.05) is 0 Å². The Morgan fingerprint density at radius 2 is 2.10 bits per heavy atom. The third kappa shape index (κ3) is 3.14. The fraction of sp³-hybridized carbons (Fsp3) is 0.667. The Bertz CT molecular complexity index is 514. The molecule has 0 saturated heterocycles. The van der Waals surface area contributed by atoms with Crippen molar-refractivity contribution in [1.82, 2.24) is 9.97 Å². The largest absolute Gasteiger partial charge is 0.480 e. The molecule has 6 heteroatoms. The number of nitrogens with zero attached hydrogens (tertiary/aromatic N) is 2. The summed E-state index contributed by atoms with van der Waals surface area (Å²) in [6.45, 7) is 3.91. The standard InChI is InChI=1S/C15H22FN3O2/c1-3-10-5-7-15(8-6-10,14(20)21)19-13-12(16)11(4-2)17-9-18-13/h9-10H,3-8H2,1-2H3,(H,20,21)(H,17,18,19). The second-order valence-corrected chi connectivity index (χ2v) is 5.70. The highest BCUT2D eigenvalue weighted by molar-refractivity contribution is 5.82. The maximum Gasteiger partial charge on any atom is 0.329 e. The van der Waals surface area contributed by atoms with Crippen LogP contribution in [0.3, 0.4) is 0 Å². The number of anilines is 1. The number of nitrogens with one attached hydrogen (secondary N) is 1. The molecule has 0 spiro atoms. The first-order chi connectivity index (χ1) is 10.0. The minimum atomic E-state index is -1.12. The number of rotatable bonds is 5. The van der Waals surface area contributed by atoms with Crippen molar-refractivity contribution in [3.63, 3.8) is 0 Å². The molecule has 0 aromatic carbocycles. The van der Waals surface area contributed by atoms with E-state index in [2.05, 4.69) is 22.2 Å². The zero-order chi connectivity index (χ0) is 15.5. The van der Waals surface area contributed by atoms with Gasteiger partial charge in [-0.1, -0.05) is 20.3 Å². The van der Waals surface area contributed by atoms with Crippen LogP contribution in [0, 0.1) is 11.7 Å². The van der Waals surface area contributed by atoms with Gasteiger partial charge in [0.2, 0.25) is 0 Å². The Morgan fingerprint density at radius 1 is 1.43 bits per heavy atom. The van der Waals surface area contributed by atoms with Gasteiger partial charge in [-0.3, -0.25) is 0 Å². The second-order valence-electron chi connectivity index (χ2n) is 5.70. The van der Waals surface area contributed by atoms with Crippen molar-refractivity contribution in [1.29, 1.82) is 0 Å². The minimum absolute atomic E-state index is 0.000742. The normalized spacial score (nSPS) is 25.6. The molecule has 0 unspecified atom stereocenters. The average Bonchev–Trinajstić information content (AvgIpc) is 2.50. The number of carboxylic acid groups (broad SMARTS) is 1. The summed E-state index contributed by atoms with van der Waals surface area (Å²) in [5.41, 5.74) is -0.818. The lowest BCUT2D eigenvalue weighted by Crippen LogP contribution is -2.49. The summed E-state index contributed by atoms with van der Waals surface area (Å²) in [4.78, 5) is 19.5. The van der Waals surface area contributed by atoms with E-state index in [0.29, 0.717) is 30.9 Å². The molecule has 1 aromatic rings. The van der Waals surface area contributed by atoms with Gasteiger partial charge in [0.05, 0.1) is 5.69 Å². The van der Waals surface area contributed by atoms with Crippen molar-refractivity contribution < 1.29 is 14.3 Å². The predicted octanol–water partition coefficient (Wildman–Crippen LogP) is 3.01. The molecule has 0 amide bonds. The average molecular weight is 295 g/mol. The van der Waals surface area contributed by atoms with Gasteiger partial charge in [-0.15, -0.1) is 0 Å². The van der Waals surface area contributed by atoms with E-state index in [1.165, 1.54) is 6.33 Å². The fourth-order valence-corrected chi connectivity index (χ4v) is 2.94. The summed E-state index contributed by atoms with van der Waals surface area (Å²) in [6.07, 6.45) is 5.43. The Labute approximate surface area is 124 Å². The van der Waals surface area contributed by atoms with Crippen LogP contribution in [-0.4, -0.2) is 26.6 Å². The van der Waals surface area contributed by atoms with Crippen molar-refractivity contribution in [3.05, 3.63) is 17.8 Å². The SMILES string of the molecule is CCc1ncnc(NC2(C(=O)O)CCC(CC)CC2)c1F. The van der Waals surface area contributed by atoms with Crippen molar-refractivity contribution in [2.45, 2.75) is 57.9 Å². The summed E-state index contributed by atoms with van der Waals surface area (Å²) in [5.74, 6) is -0.925. The molecular weight excluding hydrogens is 273 g/mol. The molecule has 1 aliphatic rings. The molecule has 1 fully saturated rings. The van der Waals surface area contributed by atoms with E-state index in [1.54, 1.807) is 6.92 Å². The molecule has 2 rings (SSSR count). The Balaban J connectivity index is 2.24. The van der Waals surface area contributed by atoms with E-state index < -0.39 is 17.3 Å². The summed E-state index contributed by atoms with van der Waals surface area (Å²) in [7, 11) is 0. The predicted molar refractivity (Wildman–Crippen MR) is 77.6 cm³/mol. The van der Waals surface area contributed by atoms with E-state index in [9.17, 15) is 14.3 Å². The van der Waals surface area contributed by atoms with Crippen LogP contribution in [0.2, 0.25) is 0 Å². The number of hydrogen-bond donors (Lipinski definition) is 2. The molecular formula is C15H22FN3O2. The van der Waals surface area contributed by atoms with Crippen LogP contribution in [0.25, 0.3) is 0 Å². The topological polar surface area (TPSA) is 75.1 Å². The second kappa shape index (κ2) is 6.37. The summed E-state index contributed by atoms with van der Waals surface area (Å²) in [6, 6.07) is 0. The molecule has 2 N–H and O–H groups in total. The monoisotopic (exact) mass is 295 g/mol. The Hall–Kier alpha value is -1.72. The minimum Gasteiger partial charge on any atom is -0.480 e. The van der Waals surface area contributed by atoms with Gasteiger partial charge in [-0.05, 0) is 38.0 Å². The van der Waals surface area contributed by atoms with Gasteiger partial charge >= 0.3 is 5.97 Å². The maximum atomic E-state index is 14.2. The van der Waals surface area contributed by atoms with Gasteiger partial charge in [0.15, 0.2) is 11.6 Å². The number of carboxylic acids is 1. The molecule has 1 aliphatic carbocycles. The van der Waals surface area contributed by atoms with Crippen LogP contribution in [0.1, 0.15) is 51.6 Å². The lowest BCUT2D eigenvalue weighted by atomic mass is 9.75. The van der Waals surface area contributed by atoms with Crippen LogP contribution >= 0.6 is 0 Å². The highest BCUT2D eigenvalue weighted by Crippen LogP contribution is 2.36. The molecule has 1 saturated carbocycles. The van der Waals surface area contributed by atoms with Crippen LogP contribution in [-0.2, 0) is 11.2 Å². The van der Waals surface area contributed by atoms with Crippen molar-refractivity contribution >= 4 is 11.8 Å². The third-order valence-corrected chi connectivity index (χ3v) is 4.50. The zero-order valence-electron chi connectivity index (χ0n) is 12.5. The molecule has 0 bridgehead atoms. The van der Waals surface area contributed by atoms with E-state index in [4.69, 9.17) is 0 Å². The number of aryl methyl sites for hydroxylation is 1. The molecule has 1 heterocycles. The van der Waals surface area contributed by atoms with E-state index in [-0.39, 0.29) is 5.82 Å². The summed E-state index contributed by atoms with van der Waals surface area (Å²) < 4.78 is 14.2. The number of hydrogen-bond acceptors (Lipinski definition) is 4. The van der Waals surface area contributed by atoms with Gasteiger partial charge in [-0.25, -0.2) is 19.2 Å². The fourth-order valence-electron chi connectivity index (χ4n) is 2.94. The van der Waals surface area contributed by atoms with Gasteiger partial charge in [-0.2, -0.15) is 0 Å². The van der Waals surface area contributed by atoms with Crippen LogP contribution in [0.15, 0.2) is 6.33 Å². The molecule has 0 aliphatic heterocycles.